The van der Waals surface area contributed by atoms with E-state index in [1.54, 1.807) is 0 Å². The number of aliphatic hydroxyl groups is 1. The van der Waals surface area contributed by atoms with Crippen molar-refractivity contribution in [3.8, 4) is 0 Å². The zero-order chi connectivity index (χ0) is 15.0. The van der Waals surface area contributed by atoms with Gasteiger partial charge in [0.1, 0.15) is 0 Å². The molecule has 1 aliphatic rings. The van der Waals surface area contributed by atoms with Crippen LogP contribution in [0.15, 0.2) is 12.3 Å². The van der Waals surface area contributed by atoms with Crippen molar-refractivity contribution in [3.05, 3.63) is 29.2 Å². The number of nitrogens with one attached hydrogen (secondary N) is 1. The fourth-order valence-corrected chi connectivity index (χ4v) is 3.29. The number of aryl methyl sites for hydroxylation is 2. The van der Waals surface area contributed by atoms with Crippen LogP contribution in [-0.4, -0.2) is 31.9 Å². The van der Waals surface area contributed by atoms with Crippen LogP contribution in [0.2, 0.25) is 0 Å². The Morgan fingerprint density at radius 2 is 2.00 bits per heavy atom. The molecule has 3 rings (SSSR count). The van der Waals surface area contributed by atoms with E-state index in [-0.39, 0.29) is 12.1 Å². The largest absolute Gasteiger partial charge is 0.393 e. The summed E-state index contributed by atoms with van der Waals surface area (Å²) in [7, 11) is 0. The van der Waals surface area contributed by atoms with Crippen molar-refractivity contribution in [2.45, 2.75) is 64.6 Å². The fraction of sp³-hybridized carbons (Fsp3) is 0.625. The maximum absolute atomic E-state index is 9.59. The summed E-state index contributed by atoms with van der Waals surface area (Å²) in [6.45, 7) is 6.26. The molecule has 21 heavy (non-hydrogen) atoms. The van der Waals surface area contributed by atoms with Gasteiger partial charge in [0, 0.05) is 35.6 Å². The average molecular weight is 288 g/mol. The fourth-order valence-electron chi connectivity index (χ4n) is 3.29. The Hall–Kier alpha value is -1.46. The summed E-state index contributed by atoms with van der Waals surface area (Å²) in [6, 6.07) is 2.72. The molecule has 2 aromatic heterocycles. The molecule has 0 radical (unpaired) electrons. The Labute approximate surface area is 125 Å². The van der Waals surface area contributed by atoms with E-state index in [0.717, 1.165) is 42.7 Å². The van der Waals surface area contributed by atoms with Crippen LogP contribution in [0.3, 0.4) is 0 Å². The first-order valence-corrected chi connectivity index (χ1v) is 7.80. The number of hydrogen-bond donors (Lipinski definition) is 2. The highest BCUT2D eigenvalue weighted by Crippen LogP contribution is 2.23. The van der Waals surface area contributed by atoms with Crippen LogP contribution in [0.5, 0.6) is 0 Å². The molecule has 114 valence electrons. The van der Waals surface area contributed by atoms with Gasteiger partial charge >= 0.3 is 0 Å². The van der Waals surface area contributed by atoms with Crippen molar-refractivity contribution in [1.82, 2.24) is 19.9 Å². The number of aromatic nitrogens is 3. The lowest BCUT2D eigenvalue weighted by atomic mass is 9.92. The molecule has 1 saturated carbocycles. The first-order chi connectivity index (χ1) is 10.0. The van der Waals surface area contributed by atoms with E-state index in [2.05, 4.69) is 29.2 Å². The average Bonchev–Trinajstić information content (AvgIpc) is 2.83. The minimum atomic E-state index is -0.106. The zero-order valence-electron chi connectivity index (χ0n) is 13.0. The SMILES string of the molecule is Cc1cc2ncc([C@H](C)NC3CCC(O)CC3)c(C)n2n1. The molecule has 1 atom stereocenters. The number of hydrogen-bond acceptors (Lipinski definition) is 4. The first-order valence-electron chi connectivity index (χ1n) is 7.80. The Balaban J connectivity index is 1.78. The molecule has 2 heterocycles. The quantitative estimate of drug-likeness (QED) is 0.909. The molecule has 0 aliphatic heterocycles. The van der Waals surface area contributed by atoms with Gasteiger partial charge in [-0.15, -0.1) is 0 Å². The second-order valence-electron chi connectivity index (χ2n) is 6.25. The van der Waals surface area contributed by atoms with Crippen LogP contribution in [0.1, 0.15) is 55.6 Å². The lowest BCUT2D eigenvalue weighted by Crippen LogP contribution is -2.36. The molecule has 0 aromatic carbocycles. The molecule has 1 aliphatic carbocycles. The van der Waals surface area contributed by atoms with Crippen molar-refractivity contribution in [2.24, 2.45) is 0 Å². The third-order valence-corrected chi connectivity index (χ3v) is 4.53. The Bertz CT molecular complexity index is 628. The molecule has 0 saturated heterocycles. The van der Waals surface area contributed by atoms with E-state index < -0.39 is 0 Å². The topological polar surface area (TPSA) is 62.5 Å². The second kappa shape index (κ2) is 5.73. The van der Waals surface area contributed by atoms with Gasteiger partial charge < -0.3 is 10.4 Å². The van der Waals surface area contributed by atoms with E-state index in [9.17, 15) is 5.11 Å². The van der Waals surface area contributed by atoms with E-state index in [4.69, 9.17) is 0 Å². The van der Waals surface area contributed by atoms with Gasteiger partial charge in [0.05, 0.1) is 11.8 Å². The van der Waals surface area contributed by atoms with Gasteiger partial charge in [0.15, 0.2) is 5.65 Å². The van der Waals surface area contributed by atoms with Crippen LogP contribution < -0.4 is 5.32 Å². The van der Waals surface area contributed by atoms with Crippen molar-refractivity contribution in [2.75, 3.05) is 0 Å². The molecule has 0 bridgehead atoms. The molecule has 2 N–H and O–H groups in total. The van der Waals surface area contributed by atoms with E-state index in [1.807, 2.05) is 23.7 Å². The number of nitrogens with zero attached hydrogens (tertiary/aromatic N) is 3. The molecule has 0 amide bonds. The van der Waals surface area contributed by atoms with Crippen molar-refractivity contribution >= 4 is 5.65 Å². The molecular weight excluding hydrogens is 264 g/mol. The van der Waals surface area contributed by atoms with Crippen molar-refractivity contribution in [3.63, 3.8) is 0 Å². The predicted octanol–water partition coefficient (Wildman–Crippen LogP) is 2.30. The number of aliphatic hydroxyl groups excluding tert-OH is 1. The standard InChI is InChI=1S/C16H24N4O/c1-10-8-16-17-9-15(12(3)20(16)19-10)11(2)18-13-4-6-14(21)7-5-13/h8-9,11,13-14,18,21H,4-7H2,1-3H3/t11-,13?,14?/m0/s1. The number of fused-ring (bicyclic) bond motifs is 1. The molecule has 2 aromatic rings. The van der Waals surface area contributed by atoms with Crippen LogP contribution >= 0.6 is 0 Å². The van der Waals surface area contributed by atoms with Crippen LogP contribution in [0.4, 0.5) is 0 Å². The Morgan fingerprint density at radius 1 is 1.29 bits per heavy atom. The van der Waals surface area contributed by atoms with Gasteiger partial charge in [-0.25, -0.2) is 9.50 Å². The maximum Gasteiger partial charge on any atom is 0.155 e. The van der Waals surface area contributed by atoms with Gasteiger partial charge in [-0.05, 0) is 46.5 Å². The molecule has 5 nitrogen and oxygen atoms in total. The minimum Gasteiger partial charge on any atom is -0.393 e. The molecule has 1 fully saturated rings. The lowest BCUT2D eigenvalue weighted by Gasteiger charge is -2.29. The highest BCUT2D eigenvalue weighted by Gasteiger charge is 2.22. The highest BCUT2D eigenvalue weighted by atomic mass is 16.3. The van der Waals surface area contributed by atoms with Gasteiger partial charge in [-0.1, -0.05) is 0 Å². The zero-order valence-corrected chi connectivity index (χ0v) is 13.0. The maximum atomic E-state index is 9.59. The monoisotopic (exact) mass is 288 g/mol. The van der Waals surface area contributed by atoms with Gasteiger partial charge in [0.25, 0.3) is 0 Å². The summed E-state index contributed by atoms with van der Waals surface area (Å²) >= 11 is 0. The van der Waals surface area contributed by atoms with Crippen LogP contribution in [-0.2, 0) is 0 Å². The lowest BCUT2D eigenvalue weighted by molar-refractivity contribution is 0.114. The van der Waals surface area contributed by atoms with Crippen molar-refractivity contribution < 1.29 is 5.11 Å². The van der Waals surface area contributed by atoms with Crippen molar-refractivity contribution in [1.29, 1.82) is 0 Å². The molecule has 0 unspecified atom stereocenters. The van der Waals surface area contributed by atoms with E-state index in [0.29, 0.717) is 6.04 Å². The Morgan fingerprint density at radius 3 is 2.71 bits per heavy atom. The summed E-state index contributed by atoms with van der Waals surface area (Å²) in [5.74, 6) is 0. The molecular formula is C16H24N4O. The van der Waals surface area contributed by atoms with Crippen LogP contribution in [0.25, 0.3) is 5.65 Å². The summed E-state index contributed by atoms with van der Waals surface area (Å²) in [5, 5.41) is 17.8. The predicted molar refractivity (Wildman–Crippen MR) is 82.3 cm³/mol. The summed E-state index contributed by atoms with van der Waals surface area (Å²) in [5.41, 5.74) is 4.23. The number of rotatable bonds is 3. The minimum absolute atomic E-state index is 0.106. The van der Waals surface area contributed by atoms with E-state index in [1.165, 1.54) is 5.56 Å². The Kier molecular flexibility index (Phi) is 3.95. The molecule has 5 heteroatoms. The second-order valence-corrected chi connectivity index (χ2v) is 6.25. The normalized spacial score (nSPS) is 24.4. The summed E-state index contributed by atoms with van der Waals surface area (Å²) in [6.07, 6.45) is 5.74. The summed E-state index contributed by atoms with van der Waals surface area (Å²) < 4.78 is 1.92. The van der Waals surface area contributed by atoms with Gasteiger partial charge in [-0.2, -0.15) is 5.10 Å². The summed E-state index contributed by atoms with van der Waals surface area (Å²) in [4.78, 5) is 4.51. The first kappa shape index (κ1) is 14.5. The third kappa shape index (κ3) is 2.94. The smallest absolute Gasteiger partial charge is 0.155 e. The van der Waals surface area contributed by atoms with E-state index >= 15 is 0 Å². The van der Waals surface area contributed by atoms with Gasteiger partial charge in [0.2, 0.25) is 0 Å². The highest BCUT2D eigenvalue weighted by molar-refractivity contribution is 5.42. The van der Waals surface area contributed by atoms with Gasteiger partial charge in [-0.3, -0.25) is 0 Å². The van der Waals surface area contributed by atoms with Crippen LogP contribution in [0, 0.1) is 13.8 Å². The molecule has 0 spiro atoms. The third-order valence-electron chi connectivity index (χ3n) is 4.53.